The molecule has 0 aromatic heterocycles. The Hall–Kier alpha value is -0.0400. The molecule has 0 spiro atoms. The average molecular weight is 241 g/mol. The number of hydrogen-bond acceptors (Lipinski definition) is 1. The maximum atomic E-state index is 3.64. The highest BCUT2D eigenvalue weighted by atomic mass is 14.9. The monoisotopic (exact) mass is 241 g/mol. The van der Waals surface area contributed by atoms with E-state index in [4.69, 9.17) is 0 Å². The van der Waals surface area contributed by atoms with Crippen LogP contribution < -0.4 is 5.32 Å². The Labute approximate surface area is 110 Å². The molecule has 0 rings (SSSR count). The van der Waals surface area contributed by atoms with Gasteiger partial charge in [-0.2, -0.15) is 0 Å². The van der Waals surface area contributed by atoms with Gasteiger partial charge >= 0.3 is 0 Å². The topological polar surface area (TPSA) is 12.0 Å². The van der Waals surface area contributed by atoms with Crippen LogP contribution in [0.2, 0.25) is 0 Å². The molecule has 1 heteroatoms. The van der Waals surface area contributed by atoms with Crippen molar-refractivity contribution < 1.29 is 0 Å². The van der Waals surface area contributed by atoms with E-state index in [1.54, 1.807) is 0 Å². The van der Waals surface area contributed by atoms with Gasteiger partial charge in [-0.05, 0) is 49.6 Å². The van der Waals surface area contributed by atoms with Crippen molar-refractivity contribution in [3.05, 3.63) is 0 Å². The summed E-state index contributed by atoms with van der Waals surface area (Å²) in [4.78, 5) is 0. The molecule has 0 amide bonds. The molecule has 0 heterocycles. The Morgan fingerprint density at radius 3 is 1.94 bits per heavy atom. The molecule has 0 bridgehead atoms. The summed E-state index contributed by atoms with van der Waals surface area (Å²) in [6.45, 7) is 16.3. The lowest BCUT2D eigenvalue weighted by molar-refractivity contribution is 0.306. The Bertz CT molecular complexity index is 163. The fraction of sp³-hybridized carbons (Fsp3) is 1.00. The van der Waals surface area contributed by atoms with Crippen molar-refractivity contribution >= 4 is 0 Å². The van der Waals surface area contributed by atoms with Crippen LogP contribution in [0.25, 0.3) is 0 Å². The van der Waals surface area contributed by atoms with Crippen molar-refractivity contribution in [1.29, 1.82) is 0 Å². The molecule has 0 radical (unpaired) electrons. The van der Waals surface area contributed by atoms with Gasteiger partial charge in [0.1, 0.15) is 0 Å². The van der Waals surface area contributed by atoms with Gasteiger partial charge in [0.2, 0.25) is 0 Å². The van der Waals surface area contributed by atoms with Crippen LogP contribution in [0.5, 0.6) is 0 Å². The van der Waals surface area contributed by atoms with Gasteiger partial charge in [-0.25, -0.2) is 0 Å². The molecule has 0 aliphatic carbocycles. The standard InChI is InChI=1S/C16H35N/c1-7-8-15(6)10-16(9-13(2)3)12-17-11-14(4)5/h13-17H,7-12H2,1-6H3. The molecule has 0 fully saturated rings. The van der Waals surface area contributed by atoms with Crippen molar-refractivity contribution in [2.45, 2.75) is 67.2 Å². The quantitative estimate of drug-likeness (QED) is 0.583. The molecule has 0 aliphatic rings. The summed E-state index contributed by atoms with van der Waals surface area (Å²) in [7, 11) is 0. The predicted octanol–water partition coefficient (Wildman–Crippen LogP) is 4.72. The van der Waals surface area contributed by atoms with Gasteiger partial charge < -0.3 is 5.32 Å². The minimum atomic E-state index is 0.766. The van der Waals surface area contributed by atoms with E-state index in [-0.39, 0.29) is 0 Å². The van der Waals surface area contributed by atoms with Gasteiger partial charge in [0, 0.05) is 0 Å². The summed E-state index contributed by atoms with van der Waals surface area (Å²) < 4.78 is 0. The fourth-order valence-corrected chi connectivity index (χ4v) is 2.69. The van der Waals surface area contributed by atoms with Crippen LogP contribution in [0, 0.1) is 23.7 Å². The molecule has 2 atom stereocenters. The highest BCUT2D eigenvalue weighted by Crippen LogP contribution is 2.22. The molecule has 0 aromatic carbocycles. The Morgan fingerprint density at radius 2 is 1.47 bits per heavy atom. The molecule has 17 heavy (non-hydrogen) atoms. The van der Waals surface area contributed by atoms with E-state index in [0.717, 1.165) is 30.2 Å². The first-order valence-electron chi connectivity index (χ1n) is 7.66. The SMILES string of the molecule is CCCC(C)CC(CNCC(C)C)CC(C)C. The van der Waals surface area contributed by atoms with E-state index in [9.17, 15) is 0 Å². The normalized spacial score (nSPS) is 15.5. The highest BCUT2D eigenvalue weighted by Gasteiger charge is 2.14. The largest absolute Gasteiger partial charge is 0.316 e. The Morgan fingerprint density at radius 1 is 0.824 bits per heavy atom. The molecule has 0 aliphatic heterocycles. The maximum absolute atomic E-state index is 3.64. The average Bonchev–Trinajstić information content (AvgIpc) is 2.15. The minimum Gasteiger partial charge on any atom is -0.316 e. The Kier molecular flexibility index (Phi) is 9.91. The first-order chi connectivity index (χ1) is 7.95. The van der Waals surface area contributed by atoms with Crippen molar-refractivity contribution in [3.8, 4) is 0 Å². The van der Waals surface area contributed by atoms with E-state index in [1.807, 2.05) is 0 Å². The van der Waals surface area contributed by atoms with Gasteiger partial charge in [-0.1, -0.05) is 54.4 Å². The number of rotatable bonds is 10. The molecule has 2 unspecified atom stereocenters. The summed E-state index contributed by atoms with van der Waals surface area (Å²) in [6.07, 6.45) is 5.49. The van der Waals surface area contributed by atoms with Gasteiger partial charge in [-0.3, -0.25) is 0 Å². The summed E-state index contributed by atoms with van der Waals surface area (Å²) >= 11 is 0. The van der Waals surface area contributed by atoms with Crippen LogP contribution in [0.1, 0.15) is 67.2 Å². The van der Waals surface area contributed by atoms with E-state index in [2.05, 4.69) is 46.9 Å². The van der Waals surface area contributed by atoms with Crippen molar-refractivity contribution in [2.75, 3.05) is 13.1 Å². The zero-order valence-corrected chi connectivity index (χ0v) is 13.1. The second kappa shape index (κ2) is 9.94. The van der Waals surface area contributed by atoms with Crippen LogP contribution in [-0.4, -0.2) is 13.1 Å². The van der Waals surface area contributed by atoms with Crippen LogP contribution in [-0.2, 0) is 0 Å². The van der Waals surface area contributed by atoms with Crippen LogP contribution >= 0.6 is 0 Å². The molecular weight excluding hydrogens is 206 g/mol. The second-order valence-electron chi connectivity index (χ2n) is 6.68. The lowest BCUT2D eigenvalue weighted by atomic mass is 9.87. The molecule has 1 N–H and O–H groups in total. The summed E-state index contributed by atoms with van der Waals surface area (Å²) in [5.41, 5.74) is 0. The fourth-order valence-electron chi connectivity index (χ4n) is 2.69. The van der Waals surface area contributed by atoms with E-state index >= 15 is 0 Å². The number of hydrogen-bond donors (Lipinski definition) is 1. The molecule has 104 valence electrons. The Balaban J connectivity index is 3.95. The first kappa shape index (κ1) is 17.0. The third-order valence-electron chi connectivity index (χ3n) is 3.31. The molecule has 0 saturated heterocycles. The lowest BCUT2D eigenvalue weighted by Gasteiger charge is -2.23. The summed E-state index contributed by atoms with van der Waals surface area (Å²) in [6, 6.07) is 0. The summed E-state index contributed by atoms with van der Waals surface area (Å²) in [5.74, 6) is 3.36. The third-order valence-corrected chi connectivity index (χ3v) is 3.31. The van der Waals surface area contributed by atoms with Crippen LogP contribution in [0.3, 0.4) is 0 Å². The van der Waals surface area contributed by atoms with Crippen LogP contribution in [0.4, 0.5) is 0 Å². The van der Waals surface area contributed by atoms with Crippen LogP contribution in [0.15, 0.2) is 0 Å². The van der Waals surface area contributed by atoms with E-state index in [1.165, 1.54) is 32.2 Å². The van der Waals surface area contributed by atoms with Crippen molar-refractivity contribution in [2.24, 2.45) is 23.7 Å². The lowest BCUT2D eigenvalue weighted by Crippen LogP contribution is -2.28. The molecule has 1 nitrogen and oxygen atoms in total. The zero-order valence-electron chi connectivity index (χ0n) is 13.1. The minimum absolute atomic E-state index is 0.766. The number of nitrogens with one attached hydrogen (secondary N) is 1. The first-order valence-corrected chi connectivity index (χ1v) is 7.66. The zero-order chi connectivity index (χ0) is 13.3. The van der Waals surface area contributed by atoms with Gasteiger partial charge in [0.05, 0.1) is 0 Å². The highest BCUT2D eigenvalue weighted by molar-refractivity contribution is 4.68. The van der Waals surface area contributed by atoms with Crippen molar-refractivity contribution in [3.63, 3.8) is 0 Å². The van der Waals surface area contributed by atoms with Gasteiger partial charge in [0.25, 0.3) is 0 Å². The second-order valence-corrected chi connectivity index (χ2v) is 6.68. The smallest absolute Gasteiger partial charge is 0.00202 e. The molecular formula is C16H35N. The maximum Gasteiger partial charge on any atom is -0.00202 e. The van der Waals surface area contributed by atoms with E-state index < -0.39 is 0 Å². The molecule has 0 saturated carbocycles. The van der Waals surface area contributed by atoms with Gasteiger partial charge in [-0.15, -0.1) is 0 Å². The predicted molar refractivity (Wildman–Crippen MR) is 79.3 cm³/mol. The van der Waals surface area contributed by atoms with Crippen molar-refractivity contribution in [1.82, 2.24) is 5.32 Å². The summed E-state index contributed by atoms with van der Waals surface area (Å²) in [5, 5.41) is 3.64. The van der Waals surface area contributed by atoms with E-state index in [0.29, 0.717) is 0 Å². The van der Waals surface area contributed by atoms with Gasteiger partial charge in [0.15, 0.2) is 0 Å². The third kappa shape index (κ3) is 10.8. The molecule has 0 aromatic rings.